The lowest BCUT2D eigenvalue weighted by Gasteiger charge is -2.34. The van der Waals surface area contributed by atoms with E-state index in [1.807, 2.05) is 78.9 Å². The fourth-order valence-corrected chi connectivity index (χ4v) is 9.72. The third-order valence-corrected chi connectivity index (χ3v) is 12.7. The Morgan fingerprint density at radius 3 is 1.68 bits per heavy atom. The third-order valence-electron chi connectivity index (χ3n) is 12.7. The van der Waals surface area contributed by atoms with Gasteiger partial charge >= 0.3 is 0 Å². The number of rotatable bonds is 7. The van der Waals surface area contributed by atoms with Crippen LogP contribution in [0.15, 0.2) is 224 Å². The van der Waals surface area contributed by atoms with Gasteiger partial charge in [-0.05, 0) is 80.9 Å². The maximum atomic E-state index is 9.54. The Morgan fingerprint density at radius 1 is 0.385 bits per heavy atom. The molecule has 304 valence electrons. The third kappa shape index (κ3) is 6.31. The molecule has 5 heteroatoms. The zero-order valence-corrected chi connectivity index (χ0v) is 35.0. The molecule has 2 aliphatic rings. The molecule has 10 aromatic rings. The number of hydrogen-bond donors (Lipinski definition) is 0. The van der Waals surface area contributed by atoms with Crippen LogP contribution in [-0.4, -0.2) is 9.97 Å². The highest BCUT2D eigenvalue weighted by Gasteiger charge is 2.48. The zero-order chi connectivity index (χ0) is 43.3. The van der Waals surface area contributed by atoms with E-state index in [2.05, 4.69) is 152 Å². The highest BCUT2D eigenvalue weighted by molar-refractivity contribution is 5.92. The van der Waals surface area contributed by atoms with Gasteiger partial charge in [-0.3, -0.25) is 0 Å². The van der Waals surface area contributed by atoms with E-state index in [4.69, 9.17) is 19.4 Å². The highest BCUT2D eigenvalue weighted by Crippen LogP contribution is 2.62. The molecule has 12 rings (SSSR count). The van der Waals surface area contributed by atoms with Gasteiger partial charge in [-0.15, -0.1) is 0 Å². The first-order valence-corrected chi connectivity index (χ1v) is 21.7. The molecular formula is C60H37N3O2. The summed E-state index contributed by atoms with van der Waals surface area (Å²) in [5, 5.41) is 9.54. The summed E-state index contributed by atoms with van der Waals surface area (Å²) in [4.78, 5) is 10.2. The number of benzene rings is 9. The number of fused-ring (bicyclic) bond motifs is 6. The standard InChI is InChI=1S/C60H37N3O2/c61-38-39-15-12-18-43(35-39)44-19-13-20-45(36-44)53-37-52(62-59(63-53)42-16-4-1-5-17-42)41-31-29-40(30-32-41)48-26-14-28-54-57(48)64-55-34-33-51-56(58(55)65-54)49-25-10-11-27-50(49)60(51,46-21-6-2-7-22-46)47-23-8-3-9-24-47/h1-37H. The lowest BCUT2D eigenvalue weighted by Crippen LogP contribution is -2.28. The SMILES string of the molecule is N#Cc1cccc(-c2cccc(-c3cc(-c4ccc(-c5cccc6c5Oc5ccc7c(c5O6)-c5ccccc5C7(c5ccccc5)c5ccccc5)cc4)nc(-c4ccccc4)n3)c2)c1. The van der Waals surface area contributed by atoms with E-state index in [0.717, 1.165) is 72.8 Å². The average molecular weight is 832 g/mol. The number of nitrogens with zero attached hydrogens (tertiary/aromatic N) is 3. The largest absolute Gasteiger partial charge is 0.449 e. The average Bonchev–Trinajstić information content (AvgIpc) is 3.70. The molecule has 0 unspecified atom stereocenters. The van der Waals surface area contributed by atoms with Crippen LogP contribution < -0.4 is 9.47 Å². The van der Waals surface area contributed by atoms with Gasteiger partial charge in [-0.2, -0.15) is 5.26 Å². The second-order valence-corrected chi connectivity index (χ2v) is 16.4. The fourth-order valence-electron chi connectivity index (χ4n) is 9.72. The number of nitriles is 1. The monoisotopic (exact) mass is 831 g/mol. The molecule has 0 radical (unpaired) electrons. The molecule has 5 nitrogen and oxygen atoms in total. The van der Waals surface area contributed by atoms with Crippen LogP contribution in [0.2, 0.25) is 0 Å². The Hall–Kier alpha value is -8.85. The molecule has 0 amide bonds. The van der Waals surface area contributed by atoms with Crippen molar-refractivity contribution in [3.63, 3.8) is 0 Å². The topological polar surface area (TPSA) is 68.0 Å². The fraction of sp³-hybridized carbons (Fsp3) is 0.0167. The molecule has 0 saturated heterocycles. The van der Waals surface area contributed by atoms with Crippen molar-refractivity contribution in [2.24, 2.45) is 0 Å². The summed E-state index contributed by atoms with van der Waals surface area (Å²) in [6.07, 6.45) is 0. The van der Waals surface area contributed by atoms with Gasteiger partial charge in [-0.1, -0.05) is 188 Å². The van der Waals surface area contributed by atoms with Crippen LogP contribution in [0, 0.1) is 11.3 Å². The van der Waals surface area contributed by atoms with Crippen molar-refractivity contribution >= 4 is 0 Å². The number of hydrogen-bond acceptors (Lipinski definition) is 5. The Labute approximate surface area is 377 Å². The van der Waals surface area contributed by atoms with Crippen molar-refractivity contribution in [3.05, 3.63) is 252 Å². The van der Waals surface area contributed by atoms with Crippen LogP contribution in [0.3, 0.4) is 0 Å². The van der Waals surface area contributed by atoms with Gasteiger partial charge < -0.3 is 9.47 Å². The molecule has 0 fully saturated rings. The van der Waals surface area contributed by atoms with E-state index in [1.54, 1.807) is 0 Å². The van der Waals surface area contributed by atoms with Crippen molar-refractivity contribution in [1.29, 1.82) is 5.26 Å². The van der Waals surface area contributed by atoms with E-state index < -0.39 is 5.41 Å². The number of ether oxygens (including phenoxy) is 2. The number of para-hydroxylation sites is 1. The highest BCUT2D eigenvalue weighted by atomic mass is 16.6. The first-order chi connectivity index (χ1) is 32.2. The smallest absolute Gasteiger partial charge is 0.178 e. The molecule has 0 bridgehead atoms. The number of aromatic nitrogens is 2. The van der Waals surface area contributed by atoms with Crippen molar-refractivity contribution < 1.29 is 9.47 Å². The summed E-state index contributed by atoms with van der Waals surface area (Å²) in [7, 11) is 0. The zero-order valence-electron chi connectivity index (χ0n) is 35.0. The van der Waals surface area contributed by atoms with Crippen LogP contribution in [-0.2, 0) is 5.41 Å². The molecule has 2 heterocycles. The summed E-state index contributed by atoms with van der Waals surface area (Å²) in [5.74, 6) is 3.37. The Morgan fingerprint density at radius 2 is 0.938 bits per heavy atom. The summed E-state index contributed by atoms with van der Waals surface area (Å²) in [6.45, 7) is 0. The van der Waals surface area contributed by atoms with Crippen LogP contribution in [0.5, 0.6) is 23.0 Å². The minimum absolute atomic E-state index is 0.543. The second kappa shape index (κ2) is 15.5. The van der Waals surface area contributed by atoms with Crippen molar-refractivity contribution in [3.8, 4) is 96.4 Å². The Bertz CT molecular complexity index is 3450. The van der Waals surface area contributed by atoms with E-state index in [-0.39, 0.29) is 0 Å². The van der Waals surface area contributed by atoms with Gasteiger partial charge in [-0.25, -0.2) is 9.97 Å². The van der Waals surface area contributed by atoms with Gasteiger partial charge in [0.15, 0.2) is 28.8 Å². The van der Waals surface area contributed by atoms with Crippen LogP contribution >= 0.6 is 0 Å². The minimum atomic E-state index is -0.543. The Balaban J connectivity index is 0.917. The van der Waals surface area contributed by atoms with E-state index in [1.165, 1.54) is 16.7 Å². The predicted molar refractivity (Wildman–Crippen MR) is 258 cm³/mol. The molecule has 0 atom stereocenters. The van der Waals surface area contributed by atoms with Gasteiger partial charge in [0.25, 0.3) is 0 Å². The van der Waals surface area contributed by atoms with E-state index in [0.29, 0.717) is 28.6 Å². The molecule has 0 saturated carbocycles. The Kier molecular flexibility index (Phi) is 9.03. The molecule has 1 aliphatic heterocycles. The van der Waals surface area contributed by atoms with E-state index in [9.17, 15) is 5.26 Å². The molecule has 0 spiro atoms. The minimum Gasteiger partial charge on any atom is -0.449 e. The van der Waals surface area contributed by atoms with Gasteiger partial charge in [0.2, 0.25) is 0 Å². The maximum absolute atomic E-state index is 9.54. The normalized spacial score (nSPS) is 12.7. The molecule has 0 N–H and O–H groups in total. The molecular weight excluding hydrogens is 795 g/mol. The lowest BCUT2D eigenvalue weighted by molar-refractivity contribution is 0.361. The van der Waals surface area contributed by atoms with Crippen LogP contribution in [0.4, 0.5) is 0 Å². The summed E-state index contributed by atoms with van der Waals surface area (Å²) in [6, 6.07) is 79.4. The van der Waals surface area contributed by atoms with Crippen molar-refractivity contribution in [1.82, 2.24) is 9.97 Å². The van der Waals surface area contributed by atoms with Crippen LogP contribution in [0.1, 0.15) is 27.8 Å². The lowest BCUT2D eigenvalue weighted by atomic mass is 9.68. The molecule has 9 aromatic carbocycles. The van der Waals surface area contributed by atoms with Crippen molar-refractivity contribution in [2.45, 2.75) is 5.41 Å². The van der Waals surface area contributed by atoms with Crippen LogP contribution in [0.25, 0.3) is 67.3 Å². The van der Waals surface area contributed by atoms with Gasteiger partial charge in [0.05, 0.1) is 28.4 Å². The molecule has 1 aliphatic carbocycles. The van der Waals surface area contributed by atoms with E-state index >= 15 is 0 Å². The molecule has 1 aromatic heterocycles. The second-order valence-electron chi connectivity index (χ2n) is 16.4. The first-order valence-electron chi connectivity index (χ1n) is 21.7. The summed E-state index contributed by atoms with van der Waals surface area (Å²) < 4.78 is 13.9. The molecule has 65 heavy (non-hydrogen) atoms. The maximum Gasteiger partial charge on any atom is 0.178 e. The van der Waals surface area contributed by atoms with Gasteiger partial charge in [0.1, 0.15) is 0 Å². The van der Waals surface area contributed by atoms with Crippen molar-refractivity contribution in [2.75, 3.05) is 0 Å². The first kappa shape index (κ1) is 37.9. The van der Waals surface area contributed by atoms with Gasteiger partial charge in [0, 0.05) is 27.8 Å². The summed E-state index contributed by atoms with van der Waals surface area (Å²) in [5.41, 5.74) is 15.4. The quantitative estimate of drug-likeness (QED) is 0.160. The predicted octanol–water partition coefficient (Wildman–Crippen LogP) is 14.9. The summed E-state index contributed by atoms with van der Waals surface area (Å²) >= 11 is 0.